The molecule has 2 aromatic heterocycles. The van der Waals surface area contributed by atoms with E-state index in [-0.39, 0.29) is 6.10 Å². The Morgan fingerprint density at radius 3 is 2.72 bits per heavy atom. The van der Waals surface area contributed by atoms with Crippen molar-refractivity contribution in [1.82, 2.24) is 25.1 Å². The molecule has 7 nitrogen and oxygen atoms in total. The SMILES string of the molecule is Cc1ccc([C@H]2Cn3nnc(-c4nc(-c5ccccc5C)no4)c3CO2)c(C)c1. The molecule has 0 amide bonds. The lowest BCUT2D eigenvalue weighted by Gasteiger charge is -2.25. The van der Waals surface area contributed by atoms with Crippen molar-refractivity contribution in [3.8, 4) is 23.0 Å². The number of nitrogens with zero attached hydrogens (tertiary/aromatic N) is 5. The Labute approximate surface area is 168 Å². The average molecular weight is 387 g/mol. The van der Waals surface area contributed by atoms with Crippen LogP contribution in [0.25, 0.3) is 23.0 Å². The van der Waals surface area contributed by atoms with Gasteiger partial charge < -0.3 is 9.26 Å². The van der Waals surface area contributed by atoms with Gasteiger partial charge in [-0.3, -0.25) is 0 Å². The second-order valence-corrected chi connectivity index (χ2v) is 7.46. The van der Waals surface area contributed by atoms with E-state index < -0.39 is 0 Å². The van der Waals surface area contributed by atoms with E-state index in [1.54, 1.807) is 0 Å². The van der Waals surface area contributed by atoms with Crippen molar-refractivity contribution in [3.63, 3.8) is 0 Å². The van der Waals surface area contributed by atoms with Gasteiger partial charge in [-0.2, -0.15) is 4.98 Å². The van der Waals surface area contributed by atoms with Crippen LogP contribution in [0.1, 0.15) is 34.1 Å². The van der Waals surface area contributed by atoms with Gasteiger partial charge in [0.1, 0.15) is 6.10 Å². The Hall–Kier alpha value is -3.32. The zero-order valence-corrected chi connectivity index (χ0v) is 16.6. The zero-order chi connectivity index (χ0) is 20.0. The molecule has 4 aromatic rings. The molecule has 0 saturated heterocycles. The second-order valence-electron chi connectivity index (χ2n) is 7.46. The van der Waals surface area contributed by atoms with Crippen LogP contribution in [-0.2, 0) is 17.9 Å². The van der Waals surface area contributed by atoms with E-state index in [2.05, 4.69) is 52.5 Å². The number of benzene rings is 2. The number of hydrogen-bond acceptors (Lipinski definition) is 6. The topological polar surface area (TPSA) is 78.9 Å². The summed E-state index contributed by atoms with van der Waals surface area (Å²) in [5.41, 5.74) is 7.10. The molecule has 0 unspecified atom stereocenters. The van der Waals surface area contributed by atoms with Crippen LogP contribution in [0.4, 0.5) is 0 Å². The van der Waals surface area contributed by atoms with Crippen LogP contribution in [0.3, 0.4) is 0 Å². The molecule has 29 heavy (non-hydrogen) atoms. The van der Waals surface area contributed by atoms with E-state index in [0.717, 1.165) is 16.8 Å². The van der Waals surface area contributed by atoms with Crippen LogP contribution in [-0.4, -0.2) is 25.1 Å². The molecule has 7 heteroatoms. The molecular weight excluding hydrogens is 366 g/mol. The Morgan fingerprint density at radius 2 is 1.90 bits per heavy atom. The van der Waals surface area contributed by atoms with Gasteiger partial charge in [-0.25, -0.2) is 4.68 Å². The molecular formula is C22H21N5O2. The Morgan fingerprint density at radius 1 is 1.03 bits per heavy atom. The first-order chi connectivity index (χ1) is 14.1. The molecule has 146 valence electrons. The molecule has 3 heterocycles. The van der Waals surface area contributed by atoms with Crippen LogP contribution in [0.2, 0.25) is 0 Å². The van der Waals surface area contributed by atoms with Crippen LogP contribution < -0.4 is 0 Å². The van der Waals surface area contributed by atoms with E-state index >= 15 is 0 Å². The minimum atomic E-state index is -0.0529. The van der Waals surface area contributed by atoms with Gasteiger partial charge in [0.15, 0.2) is 5.69 Å². The molecule has 0 bridgehead atoms. The molecule has 0 saturated carbocycles. The highest BCUT2D eigenvalue weighted by Gasteiger charge is 2.28. The smallest absolute Gasteiger partial charge is 0.280 e. The summed E-state index contributed by atoms with van der Waals surface area (Å²) in [5.74, 6) is 0.905. The van der Waals surface area contributed by atoms with Crippen LogP contribution in [0, 0.1) is 20.8 Å². The average Bonchev–Trinajstić information content (AvgIpc) is 3.34. The largest absolute Gasteiger partial charge is 0.365 e. The minimum absolute atomic E-state index is 0.0529. The lowest BCUT2D eigenvalue weighted by molar-refractivity contribution is -0.00153. The molecule has 1 aliphatic heterocycles. The normalized spacial score (nSPS) is 16.0. The van der Waals surface area contributed by atoms with Gasteiger partial charge in [0.2, 0.25) is 5.82 Å². The quantitative estimate of drug-likeness (QED) is 0.524. The van der Waals surface area contributed by atoms with Crippen molar-refractivity contribution < 1.29 is 9.26 Å². The summed E-state index contributed by atoms with van der Waals surface area (Å²) in [4.78, 5) is 4.54. The summed E-state index contributed by atoms with van der Waals surface area (Å²) in [5, 5.41) is 12.7. The van der Waals surface area contributed by atoms with Gasteiger partial charge in [-0.1, -0.05) is 58.4 Å². The second kappa shape index (κ2) is 6.93. The van der Waals surface area contributed by atoms with Gasteiger partial charge in [0.25, 0.3) is 5.89 Å². The zero-order valence-electron chi connectivity index (χ0n) is 16.6. The summed E-state index contributed by atoms with van der Waals surface area (Å²) in [6.07, 6.45) is -0.0529. The third kappa shape index (κ3) is 3.13. The van der Waals surface area contributed by atoms with Crippen molar-refractivity contribution in [2.45, 2.75) is 40.0 Å². The van der Waals surface area contributed by atoms with E-state index in [0.29, 0.717) is 30.6 Å². The summed E-state index contributed by atoms with van der Waals surface area (Å²) >= 11 is 0. The molecule has 2 aromatic carbocycles. The maximum atomic E-state index is 6.15. The molecule has 1 atom stereocenters. The fourth-order valence-corrected chi connectivity index (χ4v) is 3.81. The first-order valence-electron chi connectivity index (χ1n) is 9.61. The third-order valence-corrected chi connectivity index (χ3v) is 5.38. The predicted octanol–water partition coefficient (Wildman–Crippen LogP) is 4.19. The fraction of sp³-hybridized carbons (Fsp3) is 0.273. The highest BCUT2D eigenvalue weighted by molar-refractivity contribution is 5.62. The van der Waals surface area contributed by atoms with E-state index in [9.17, 15) is 0 Å². The highest BCUT2D eigenvalue weighted by Crippen LogP contribution is 2.32. The van der Waals surface area contributed by atoms with E-state index in [1.165, 1.54) is 16.7 Å². The standard InChI is InChI=1S/C22H21N5O2/c1-13-8-9-16(15(3)10-13)19-11-27-18(12-28-19)20(24-26-27)22-23-21(25-29-22)17-7-5-4-6-14(17)2/h4-10,19H,11-12H2,1-3H3/t19-/m1/s1. The van der Waals surface area contributed by atoms with Crippen LogP contribution in [0.15, 0.2) is 47.0 Å². The number of fused-ring (bicyclic) bond motifs is 1. The number of hydrogen-bond donors (Lipinski definition) is 0. The maximum Gasteiger partial charge on any atom is 0.280 e. The van der Waals surface area contributed by atoms with Crippen LogP contribution in [0.5, 0.6) is 0 Å². The number of rotatable bonds is 3. The predicted molar refractivity (Wildman–Crippen MR) is 107 cm³/mol. The molecule has 5 rings (SSSR count). The Bertz CT molecular complexity index is 1190. The molecule has 0 radical (unpaired) electrons. The van der Waals surface area contributed by atoms with Gasteiger partial charge in [0, 0.05) is 5.56 Å². The molecule has 0 N–H and O–H groups in total. The van der Waals surface area contributed by atoms with Gasteiger partial charge in [0.05, 0.1) is 18.8 Å². The lowest BCUT2D eigenvalue weighted by atomic mass is 10.0. The first-order valence-corrected chi connectivity index (χ1v) is 9.61. The van der Waals surface area contributed by atoms with Crippen LogP contribution >= 0.6 is 0 Å². The van der Waals surface area contributed by atoms with Crippen molar-refractivity contribution in [2.75, 3.05) is 0 Å². The number of aryl methyl sites for hydroxylation is 3. The van der Waals surface area contributed by atoms with E-state index in [1.807, 2.05) is 35.9 Å². The summed E-state index contributed by atoms with van der Waals surface area (Å²) in [7, 11) is 0. The fourth-order valence-electron chi connectivity index (χ4n) is 3.81. The minimum Gasteiger partial charge on any atom is -0.365 e. The Balaban J connectivity index is 1.43. The Kier molecular flexibility index (Phi) is 4.24. The monoisotopic (exact) mass is 387 g/mol. The lowest BCUT2D eigenvalue weighted by Crippen LogP contribution is -2.22. The highest BCUT2D eigenvalue weighted by atomic mass is 16.5. The summed E-state index contributed by atoms with van der Waals surface area (Å²) < 4.78 is 13.5. The number of ether oxygens (including phenoxy) is 1. The summed E-state index contributed by atoms with van der Waals surface area (Å²) in [6, 6.07) is 14.4. The molecule has 0 fully saturated rings. The summed E-state index contributed by atoms with van der Waals surface area (Å²) in [6.45, 7) is 7.22. The molecule has 1 aliphatic rings. The third-order valence-electron chi connectivity index (χ3n) is 5.38. The van der Waals surface area contributed by atoms with Crippen molar-refractivity contribution in [2.24, 2.45) is 0 Å². The number of aromatic nitrogens is 5. The van der Waals surface area contributed by atoms with Crippen molar-refractivity contribution in [1.29, 1.82) is 0 Å². The van der Waals surface area contributed by atoms with Crippen molar-refractivity contribution >= 4 is 0 Å². The van der Waals surface area contributed by atoms with Crippen molar-refractivity contribution in [3.05, 3.63) is 70.4 Å². The van der Waals surface area contributed by atoms with Gasteiger partial charge >= 0.3 is 0 Å². The molecule has 0 aliphatic carbocycles. The molecule has 0 spiro atoms. The first kappa shape index (κ1) is 17.8. The van der Waals surface area contributed by atoms with Gasteiger partial charge in [-0.15, -0.1) is 5.10 Å². The van der Waals surface area contributed by atoms with Gasteiger partial charge in [-0.05, 0) is 37.5 Å². The maximum absolute atomic E-state index is 6.15. The van der Waals surface area contributed by atoms with E-state index in [4.69, 9.17) is 9.26 Å².